The molecule has 154 valence electrons. The smallest absolute Gasteiger partial charge is 0.161 e. The first kappa shape index (κ1) is 25.5. The molecule has 0 spiro atoms. The van der Waals surface area contributed by atoms with E-state index in [4.69, 9.17) is 35.2 Å². The molecule has 0 radical (unpaired) electrons. The van der Waals surface area contributed by atoms with Crippen molar-refractivity contribution >= 4 is 34.4 Å². The Labute approximate surface area is 172 Å². The van der Waals surface area contributed by atoms with E-state index < -0.39 is 0 Å². The monoisotopic (exact) mass is 418 g/mol. The molecule has 0 amide bonds. The number of hydrogen-bond donors (Lipinski definition) is 2. The Bertz CT molecular complexity index is 479. The second kappa shape index (κ2) is 17.9. The summed E-state index contributed by atoms with van der Waals surface area (Å²) in [6.07, 6.45) is 0. The number of para-hydroxylation sites is 2. The van der Waals surface area contributed by atoms with Gasteiger partial charge in [-0.1, -0.05) is 36.6 Å². The number of benzene rings is 1. The van der Waals surface area contributed by atoms with Gasteiger partial charge in [0.15, 0.2) is 11.5 Å². The molecule has 1 aromatic carbocycles. The van der Waals surface area contributed by atoms with Crippen molar-refractivity contribution in [3.05, 3.63) is 24.3 Å². The third kappa shape index (κ3) is 19.1. The fourth-order valence-corrected chi connectivity index (χ4v) is 1.65. The maximum absolute atomic E-state index is 5.63. The van der Waals surface area contributed by atoms with E-state index in [1.165, 1.54) is 0 Å². The number of hydrogen-bond acceptors (Lipinski definition) is 7. The molecular weight excluding hydrogens is 388 g/mol. The first-order valence-corrected chi connectivity index (χ1v) is 9.35. The Balaban J connectivity index is 0.000000718. The van der Waals surface area contributed by atoms with Gasteiger partial charge in [-0.05, 0) is 26.0 Å². The van der Waals surface area contributed by atoms with E-state index in [1.807, 2.05) is 24.3 Å². The van der Waals surface area contributed by atoms with E-state index in [-0.39, 0.29) is 0 Å². The lowest BCUT2D eigenvalue weighted by molar-refractivity contribution is 0.00708. The first-order chi connectivity index (χ1) is 12.9. The Morgan fingerprint density at radius 2 is 0.926 bits per heavy atom. The number of fused-ring (bicyclic) bond motifs is 1. The van der Waals surface area contributed by atoms with Crippen molar-refractivity contribution in [2.45, 2.75) is 13.8 Å². The molecule has 0 aliphatic carbocycles. The largest absolute Gasteiger partial charge is 0.487 e. The minimum atomic E-state index is 0.497. The molecule has 7 nitrogen and oxygen atoms in total. The van der Waals surface area contributed by atoms with E-state index in [0.717, 1.165) is 11.5 Å². The molecule has 1 aliphatic rings. The van der Waals surface area contributed by atoms with E-state index in [1.54, 1.807) is 13.8 Å². The molecule has 1 aliphatic heterocycles. The van der Waals surface area contributed by atoms with Gasteiger partial charge in [-0.25, -0.2) is 0 Å². The minimum Gasteiger partial charge on any atom is -0.487 e. The van der Waals surface area contributed by atoms with E-state index in [9.17, 15) is 0 Å². The van der Waals surface area contributed by atoms with Crippen molar-refractivity contribution in [3.8, 4) is 11.5 Å². The van der Waals surface area contributed by atoms with Gasteiger partial charge in [0.25, 0.3) is 0 Å². The summed E-state index contributed by atoms with van der Waals surface area (Å²) in [4.78, 5) is 1.00. The maximum atomic E-state index is 5.63. The fraction of sp³-hybridized carbons (Fsp3) is 0.556. The van der Waals surface area contributed by atoms with Crippen LogP contribution in [0.1, 0.15) is 13.8 Å². The van der Waals surface area contributed by atoms with Gasteiger partial charge >= 0.3 is 0 Å². The Hall–Kier alpha value is -1.52. The summed E-state index contributed by atoms with van der Waals surface area (Å²) in [6, 6.07) is 7.61. The van der Waals surface area contributed by atoms with Crippen LogP contribution in [0.25, 0.3) is 0 Å². The SMILES string of the molecule is CC(N)=S.CC(N)=S.c1ccc2c(c1)OCCOCCOCCOCCO2. The second-order valence-electron chi connectivity index (χ2n) is 5.20. The molecule has 0 atom stereocenters. The Morgan fingerprint density at radius 3 is 1.22 bits per heavy atom. The van der Waals surface area contributed by atoms with E-state index >= 15 is 0 Å². The lowest BCUT2D eigenvalue weighted by Gasteiger charge is -2.12. The molecule has 9 heteroatoms. The molecule has 1 aromatic rings. The van der Waals surface area contributed by atoms with Gasteiger partial charge in [-0.2, -0.15) is 0 Å². The molecule has 0 bridgehead atoms. The van der Waals surface area contributed by atoms with Crippen molar-refractivity contribution in [3.63, 3.8) is 0 Å². The Kier molecular flexibility index (Phi) is 16.9. The molecule has 0 aromatic heterocycles. The van der Waals surface area contributed by atoms with Crippen molar-refractivity contribution in [1.82, 2.24) is 0 Å². The number of ether oxygens (including phenoxy) is 5. The molecule has 0 saturated heterocycles. The van der Waals surface area contributed by atoms with Crippen LogP contribution in [0, 0.1) is 0 Å². The van der Waals surface area contributed by atoms with Crippen LogP contribution in [-0.4, -0.2) is 62.8 Å². The van der Waals surface area contributed by atoms with Gasteiger partial charge in [-0.15, -0.1) is 0 Å². The summed E-state index contributed by atoms with van der Waals surface area (Å²) in [7, 11) is 0. The highest BCUT2D eigenvalue weighted by atomic mass is 32.1. The highest BCUT2D eigenvalue weighted by molar-refractivity contribution is 7.80. The standard InChI is InChI=1S/C14H20O5.2C2H5NS/c1-2-4-14-13(3-1)18-11-9-16-7-5-15-6-8-17-10-12-19-14;2*1-2(3)4/h1-4H,5-12H2;2*1H3,(H2,3,4). The molecule has 0 saturated carbocycles. The van der Waals surface area contributed by atoms with Crippen LogP contribution in [0.3, 0.4) is 0 Å². The van der Waals surface area contributed by atoms with Gasteiger partial charge in [0.2, 0.25) is 0 Å². The van der Waals surface area contributed by atoms with Gasteiger partial charge in [0.1, 0.15) is 13.2 Å². The number of rotatable bonds is 0. The van der Waals surface area contributed by atoms with Crippen molar-refractivity contribution in [2.75, 3.05) is 52.9 Å². The second-order valence-corrected chi connectivity index (χ2v) is 6.49. The third-order valence-electron chi connectivity index (χ3n) is 2.56. The van der Waals surface area contributed by atoms with Crippen LogP contribution in [0.2, 0.25) is 0 Å². The van der Waals surface area contributed by atoms with E-state index in [0.29, 0.717) is 62.8 Å². The molecule has 2 rings (SSSR count). The highest BCUT2D eigenvalue weighted by Gasteiger charge is 2.04. The molecule has 0 unspecified atom stereocenters. The summed E-state index contributed by atoms with van der Waals surface area (Å²) in [5.41, 5.74) is 9.69. The van der Waals surface area contributed by atoms with Gasteiger partial charge < -0.3 is 35.2 Å². The fourth-order valence-electron chi connectivity index (χ4n) is 1.65. The summed E-state index contributed by atoms with van der Waals surface area (Å²) in [5, 5.41) is 0. The van der Waals surface area contributed by atoms with Crippen LogP contribution in [0.15, 0.2) is 24.3 Å². The van der Waals surface area contributed by atoms with Gasteiger partial charge in [0, 0.05) is 0 Å². The molecular formula is C18H30N2O5S2. The highest BCUT2D eigenvalue weighted by Crippen LogP contribution is 2.26. The lowest BCUT2D eigenvalue weighted by Crippen LogP contribution is -2.13. The minimum absolute atomic E-state index is 0.497. The zero-order valence-corrected chi connectivity index (χ0v) is 17.6. The van der Waals surface area contributed by atoms with E-state index in [2.05, 4.69) is 24.4 Å². The van der Waals surface area contributed by atoms with Crippen LogP contribution in [-0.2, 0) is 14.2 Å². The average Bonchev–Trinajstić information content (AvgIpc) is 2.59. The summed E-state index contributed by atoms with van der Waals surface area (Å²) in [5.74, 6) is 1.47. The maximum Gasteiger partial charge on any atom is 0.161 e. The van der Waals surface area contributed by atoms with Gasteiger partial charge in [-0.3, -0.25) is 0 Å². The van der Waals surface area contributed by atoms with Crippen LogP contribution in [0.5, 0.6) is 11.5 Å². The Morgan fingerprint density at radius 1 is 0.667 bits per heavy atom. The predicted octanol–water partition coefficient (Wildman–Crippen LogP) is 2.09. The zero-order valence-electron chi connectivity index (χ0n) is 16.0. The molecule has 4 N–H and O–H groups in total. The third-order valence-corrected chi connectivity index (χ3v) is 2.56. The normalized spacial score (nSPS) is 15.3. The summed E-state index contributed by atoms with van der Waals surface area (Å²) >= 11 is 8.63. The van der Waals surface area contributed by atoms with Crippen molar-refractivity contribution in [1.29, 1.82) is 0 Å². The number of thiocarbonyl (C=S) groups is 2. The topological polar surface area (TPSA) is 98.2 Å². The predicted molar refractivity (Wildman–Crippen MR) is 115 cm³/mol. The van der Waals surface area contributed by atoms with Crippen molar-refractivity contribution in [2.24, 2.45) is 11.5 Å². The lowest BCUT2D eigenvalue weighted by atomic mass is 10.3. The summed E-state index contributed by atoms with van der Waals surface area (Å²) < 4.78 is 27.4. The van der Waals surface area contributed by atoms with Crippen LogP contribution < -0.4 is 20.9 Å². The summed E-state index contributed by atoms with van der Waals surface area (Å²) in [6.45, 7) is 7.72. The van der Waals surface area contributed by atoms with Gasteiger partial charge in [0.05, 0.1) is 49.6 Å². The van der Waals surface area contributed by atoms with Crippen molar-refractivity contribution < 1.29 is 23.7 Å². The average molecular weight is 419 g/mol. The number of nitrogens with two attached hydrogens (primary N) is 2. The zero-order chi connectivity index (χ0) is 20.3. The van der Waals surface area contributed by atoms with Crippen LogP contribution in [0.4, 0.5) is 0 Å². The molecule has 0 fully saturated rings. The molecule has 27 heavy (non-hydrogen) atoms. The quantitative estimate of drug-likeness (QED) is 0.614. The van der Waals surface area contributed by atoms with Crippen LogP contribution >= 0.6 is 24.4 Å². The molecule has 1 heterocycles. The first-order valence-electron chi connectivity index (χ1n) is 8.53.